The predicted molar refractivity (Wildman–Crippen MR) is 60.4 cm³/mol. The van der Waals surface area contributed by atoms with Crippen LogP contribution in [0.3, 0.4) is 0 Å². The summed E-state index contributed by atoms with van der Waals surface area (Å²) in [4.78, 5) is 0. The van der Waals surface area contributed by atoms with Crippen molar-refractivity contribution in [1.82, 2.24) is 9.78 Å². The predicted octanol–water partition coefficient (Wildman–Crippen LogP) is 0.987. The topological polar surface area (TPSA) is 67.5 Å². The van der Waals surface area contributed by atoms with Gasteiger partial charge >= 0.3 is 0 Å². The highest BCUT2D eigenvalue weighted by Crippen LogP contribution is 2.26. The van der Waals surface area contributed by atoms with Crippen molar-refractivity contribution < 1.29 is 14.9 Å². The standard InChI is InChI=1S/C10H17ClN2O3/c1-3-8(14)10(15)9-7(11)6-12-13(9)4-5-16-2/h6,8,10,14-15H,3-5H2,1-2H3. The van der Waals surface area contributed by atoms with Gasteiger partial charge in [0, 0.05) is 7.11 Å². The van der Waals surface area contributed by atoms with Crippen LogP contribution in [0, 0.1) is 0 Å². The molecule has 92 valence electrons. The first-order valence-electron chi connectivity index (χ1n) is 5.18. The van der Waals surface area contributed by atoms with E-state index >= 15 is 0 Å². The number of hydrogen-bond acceptors (Lipinski definition) is 4. The first-order valence-corrected chi connectivity index (χ1v) is 5.55. The van der Waals surface area contributed by atoms with Crippen LogP contribution < -0.4 is 0 Å². The van der Waals surface area contributed by atoms with Gasteiger partial charge in [-0.3, -0.25) is 4.68 Å². The number of nitrogens with zero attached hydrogens (tertiary/aromatic N) is 2. The van der Waals surface area contributed by atoms with Crippen molar-refractivity contribution in [1.29, 1.82) is 0 Å². The second-order valence-electron chi connectivity index (χ2n) is 3.51. The van der Waals surface area contributed by atoms with Crippen molar-refractivity contribution >= 4 is 11.6 Å². The molecule has 0 aliphatic heterocycles. The second kappa shape index (κ2) is 6.20. The minimum absolute atomic E-state index is 0.358. The summed E-state index contributed by atoms with van der Waals surface area (Å²) in [5.41, 5.74) is 0.438. The second-order valence-corrected chi connectivity index (χ2v) is 3.92. The van der Waals surface area contributed by atoms with Crippen LogP contribution in [-0.4, -0.2) is 39.8 Å². The minimum Gasteiger partial charge on any atom is -0.390 e. The van der Waals surface area contributed by atoms with E-state index in [2.05, 4.69) is 5.10 Å². The Morgan fingerprint density at radius 1 is 1.56 bits per heavy atom. The van der Waals surface area contributed by atoms with Crippen molar-refractivity contribution in [2.24, 2.45) is 0 Å². The van der Waals surface area contributed by atoms with Crippen LogP contribution in [0.25, 0.3) is 0 Å². The van der Waals surface area contributed by atoms with E-state index in [1.54, 1.807) is 18.7 Å². The van der Waals surface area contributed by atoms with Crippen LogP contribution in [-0.2, 0) is 11.3 Å². The normalized spacial score (nSPS) is 15.1. The minimum atomic E-state index is -1.02. The van der Waals surface area contributed by atoms with Gasteiger partial charge in [0.1, 0.15) is 6.10 Å². The van der Waals surface area contributed by atoms with E-state index < -0.39 is 12.2 Å². The molecule has 0 radical (unpaired) electrons. The van der Waals surface area contributed by atoms with Crippen LogP contribution in [0.2, 0.25) is 5.02 Å². The summed E-state index contributed by atoms with van der Waals surface area (Å²) in [7, 11) is 1.59. The van der Waals surface area contributed by atoms with Crippen molar-refractivity contribution in [3.63, 3.8) is 0 Å². The monoisotopic (exact) mass is 248 g/mol. The van der Waals surface area contributed by atoms with E-state index in [1.807, 2.05) is 0 Å². The Morgan fingerprint density at radius 2 is 2.25 bits per heavy atom. The zero-order valence-corrected chi connectivity index (χ0v) is 10.2. The average Bonchev–Trinajstić information content (AvgIpc) is 2.65. The van der Waals surface area contributed by atoms with Crippen LogP contribution in [0.5, 0.6) is 0 Å². The Bertz CT molecular complexity index is 330. The number of rotatable bonds is 6. The highest BCUT2D eigenvalue weighted by molar-refractivity contribution is 6.31. The van der Waals surface area contributed by atoms with Gasteiger partial charge in [0.05, 0.1) is 36.2 Å². The van der Waals surface area contributed by atoms with Gasteiger partial charge < -0.3 is 14.9 Å². The van der Waals surface area contributed by atoms with E-state index in [4.69, 9.17) is 16.3 Å². The Balaban J connectivity index is 2.87. The van der Waals surface area contributed by atoms with E-state index in [-0.39, 0.29) is 0 Å². The molecule has 0 aromatic carbocycles. The lowest BCUT2D eigenvalue weighted by Crippen LogP contribution is -2.22. The fourth-order valence-corrected chi connectivity index (χ4v) is 1.68. The van der Waals surface area contributed by atoms with Crippen molar-refractivity contribution in [3.05, 3.63) is 16.9 Å². The lowest BCUT2D eigenvalue weighted by Gasteiger charge is -2.18. The fourth-order valence-electron chi connectivity index (χ4n) is 1.43. The highest BCUT2D eigenvalue weighted by atomic mass is 35.5. The summed E-state index contributed by atoms with van der Waals surface area (Å²) in [6, 6.07) is 0. The van der Waals surface area contributed by atoms with Gasteiger partial charge in [-0.05, 0) is 6.42 Å². The zero-order valence-electron chi connectivity index (χ0n) is 9.43. The summed E-state index contributed by atoms with van der Waals surface area (Å²) >= 11 is 5.92. The maximum atomic E-state index is 9.90. The molecule has 1 heterocycles. The fraction of sp³-hybridized carbons (Fsp3) is 0.700. The molecule has 0 bridgehead atoms. The Labute approximate surface area is 99.6 Å². The lowest BCUT2D eigenvalue weighted by atomic mass is 10.1. The molecule has 6 heteroatoms. The molecule has 5 nitrogen and oxygen atoms in total. The highest BCUT2D eigenvalue weighted by Gasteiger charge is 2.23. The summed E-state index contributed by atoms with van der Waals surface area (Å²) in [6.07, 6.45) is 0.0535. The molecule has 1 aromatic heterocycles. The van der Waals surface area contributed by atoms with Crippen molar-refractivity contribution in [3.8, 4) is 0 Å². The number of methoxy groups -OCH3 is 1. The molecule has 0 spiro atoms. The number of aliphatic hydroxyl groups is 2. The first kappa shape index (κ1) is 13.4. The van der Waals surface area contributed by atoms with Gasteiger partial charge in [-0.15, -0.1) is 0 Å². The molecular formula is C10H17ClN2O3. The van der Waals surface area contributed by atoms with E-state index in [0.717, 1.165) is 0 Å². The van der Waals surface area contributed by atoms with Crippen LogP contribution in [0.1, 0.15) is 25.1 Å². The number of ether oxygens (including phenoxy) is 1. The molecule has 16 heavy (non-hydrogen) atoms. The summed E-state index contributed by atoms with van der Waals surface area (Å²) in [5.74, 6) is 0. The maximum absolute atomic E-state index is 9.90. The molecule has 0 saturated carbocycles. The molecule has 1 aromatic rings. The number of halogens is 1. The summed E-state index contributed by atoms with van der Waals surface area (Å²) in [5, 5.41) is 23.9. The molecular weight excluding hydrogens is 232 g/mol. The molecule has 2 atom stereocenters. The summed E-state index contributed by atoms with van der Waals surface area (Å²) < 4.78 is 6.48. The molecule has 2 unspecified atom stereocenters. The van der Waals surface area contributed by atoms with Gasteiger partial charge in [0.25, 0.3) is 0 Å². The van der Waals surface area contributed by atoms with Crippen LogP contribution in [0.15, 0.2) is 6.20 Å². The number of aromatic nitrogens is 2. The van der Waals surface area contributed by atoms with Crippen LogP contribution >= 0.6 is 11.6 Å². The van der Waals surface area contributed by atoms with Gasteiger partial charge in [-0.2, -0.15) is 5.10 Å². The third-order valence-corrected chi connectivity index (χ3v) is 2.69. The Morgan fingerprint density at radius 3 is 2.81 bits per heavy atom. The maximum Gasteiger partial charge on any atom is 0.123 e. The lowest BCUT2D eigenvalue weighted by molar-refractivity contribution is 0.0105. The number of hydrogen-bond donors (Lipinski definition) is 2. The molecule has 0 aliphatic rings. The average molecular weight is 249 g/mol. The van der Waals surface area contributed by atoms with Gasteiger partial charge in [0.2, 0.25) is 0 Å². The summed E-state index contributed by atoms with van der Waals surface area (Å²) in [6.45, 7) is 2.75. The smallest absolute Gasteiger partial charge is 0.123 e. The largest absolute Gasteiger partial charge is 0.390 e. The SMILES string of the molecule is CCC(O)C(O)c1c(Cl)cnn1CCOC. The quantitative estimate of drug-likeness (QED) is 0.788. The molecule has 0 saturated heterocycles. The molecule has 0 aliphatic carbocycles. The third-order valence-electron chi connectivity index (χ3n) is 2.40. The van der Waals surface area contributed by atoms with Crippen molar-refractivity contribution in [2.75, 3.05) is 13.7 Å². The van der Waals surface area contributed by atoms with E-state index in [9.17, 15) is 10.2 Å². The zero-order chi connectivity index (χ0) is 12.1. The molecule has 2 N–H and O–H groups in total. The molecule has 0 fully saturated rings. The van der Waals surface area contributed by atoms with Gasteiger partial charge in [-0.1, -0.05) is 18.5 Å². The Kier molecular flexibility index (Phi) is 5.21. The first-order chi connectivity index (χ1) is 7.61. The molecule has 0 amide bonds. The Hall–Kier alpha value is -0.620. The van der Waals surface area contributed by atoms with Gasteiger partial charge in [-0.25, -0.2) is 0 Å². The van der Waals surface area contributed by atoms with Crippen molar-refractivity contribution in [2.45, 2.75) is 32.1 Å². The third kappa shape index (κ3) is 2.95. The van der Waals surface area contributed by atoms with E-state index in [0.29, 0.717) is 30.3 Å². The number of aliphatic hydroxyl groups excluding tert-OH is 2. The van der Waals surface area contributed by atoms with Crippen LogP contribution in [0.4, 0.5) is 0 Å². The molecule has 1 rings (SSSR count). The van der Waals surface area contributed by atoms with Gasteiger partial charge in [0.15, 0.2) is 0 Å². The van der Waals surface area contributed by atoms with E-state index in [1.165, 1.54) is 6.20 Å².